The summed E-state index contributed by atoms with van der Waals surface area (Å²) in [6.45, 7) is 4.78. The molecule has 1 rings (SSSR count). The lowest BCUT2D eigenvalue weighted by molar-refractivity contribution is 0.249. The SMILES string of the molecule is CC(C)COc1ccccc1C=NNC(N)=O. The third kappa shape index (κ3) is 5.01. The number of carbonyl (C=O) groups is 1. The summed E-state index contributed by atoms with van der Waals surface area (Å²) in [6, 6.07) is 6.76. The highest BCUT2D eigenvalue weighted by molar-refractivity contribution is 5.84. The maximum atomic E-state index is 10.5. The number of hydrogen-bond acceptors (Lipinski definition) is 3. The van der Waals surface area contributed by atoms with Gasteiger partial charge >= 0.3 is 6.03 Å². The molecule has 3 N–H and O–H groups in total. The van der Waals surface area contributed by atoms with Crippen molar-refractivity contribution in [3.05, 3.63) is 29.8 Å². The molecule has 5 heteroatoms. The van der Waals surface area contributed by atoms with E-state index in [0.717, 1.165) is 11.3 Å². The lowest BCUT2D eigenvalue weighted by Gasteiger charge is -2.10. The number of nitrogens with one attached hydrogen (secondary N) is 1. The molecule has 0 fully saturated rings. The van der Waals surface area contributed by atoms with Crippen LogP contribution in [0.1, 0.15) is 19.4 Å². The first kappa shape index (κ1) is 13.0. The first-order valence-electron chi connectivity index (χ1n) is 5.40. The van der Waals surface area contributed by atoms with Crippen LogP contribution in [0.3, 0.4) is 0 Å². The minimum atomic E-state index is -0.693. The minimum absolute atomic E-state index is 0.448. The quantitative estimate of drug-likeness (QED) is 0.602. The van der Waals surface area contributed by atoms with Gasteiger partial charge < -0.3 is 10.5 Å². The molecule has 0 spiro atoms. The summed E-state index contributed by atoms with van der Waals surface area (Å²) in [5.41, 5.74) is 7.83. The zero-order valence-corrected chi connectivity index (χ0v) is 10.0. The summed E-state index contributed by atoms with van der Waals surface area (Å²) in [4.78, 5) is 10.5. The van der Waals surface area contributed by atoms with Crippen LogP contribution in [0.15, 0.2) is 29.4 Å². The van der Waals surface area contributed by atoms with Crippen LogP contribution in [0.2, 0.25) is 0 Å². The van der Waals surface area contributed by atoms with Gasteiger partial charge in [0.05, 0.1) is 12.8 Å². The zero-order chi connectivity index (χ0) is 12.7. The van der Waals surface area contributed by atoms with Gasteiger partial charge in [0, 0.05) is 5.56 Å². The van der Waals surface area contributed by atoms with Crippen LogP contribution < -0.4 is 15.9 Å². The Labute approximate surface area is 101 Å². The number of para-hydroxylation sites is 1. The number of nitrogens with two attached hydrogens (primary N) is 1. The summed E-state index contributed by atoms with van der Waals surface area (Å²) in [6.07, 6.45) is 1.50. The van der Waals surface area contributed by atoms with Crippen molar-refractivity contribution in [1.29, 1.82) is 0 Å². The number of hydrazone groups is 1. The second-order valence-corrected chi connectivity index (χ2v) is 3.98. The summed E-state index contributed by atoms with van der Waals surface area (Å²) in [5.74, 6) is 1.18. The van der Waals surface area contributed by atoms with Crippen molar-refractivity contribution in [3.63, 3.8) is 0 Å². The largest absolute Gasteiger partial charge is 0.493 e. The van der Waals surface area contributed by atoms with Crippen molar-refractivity contribution < 1.29 is 9.53 Å². The molecule has 92 valence electrons. The maximum absolute atomic E-state index is 10.5. The number of hydrogen-bond donors (Lipinski definition) is 2. The Bertz CT molecular complexity index is 402. The van der Waals surface area contributed by atoms with Crippen LogP contribution in [0.5, 0.6) is 5.75 Å². The van der Waals surface area contributed by atoms with Gasteiger partial charge in [0.25, 0.3) is 0 Å². The smallest absolute Gasteiger partial charge is 0.332 e. The second kappa shape index (κ2) is 6.52. The third-order valence-corrected chi connectivity index (χ3v) is 1.87. The van der Waals surface area contributed by atoms with Crippen LogP contribution in [0.4, 0.5) is 4.79 Å². The number of urea groups is 1. The van der Waals surface area contributed by atoms with Crippen molar-refractivity contribution >= 4 is 12.2 Å². The second-order valence-electron chi connectivity index (χ2n) is 3.98. The van der Waals surface area contributed by atoms with Crippen molar-refractivity contribution in [2.45, 2.75) is 13.8 Å². The van der Waals surface area contributed by atoms with Crippen molar-refractivity contribution in [2.24, 2.45) is 16.8 Å². The van der Waals surface area contributed by atoms with E-state index in [0.29, 0.717) is 12.5 Å². The number of benzene rings is 1. The Morgan fingerprint density at radius 1 is 1.53 bits per heavy atom. The van der Waals surface area contributed by atoms with Gasteiger partial charge in [-0.25, -0.2) is 10.2 Å². The fourth-order valence-electron chi connectivity index (χ4n) is 1.14. The molecule has 17 heavy (non-hydrogen) atoms. The number of primary amides is 1. The van der Waals surface area contributed by atoms with Crippen LogP contribution >= 0.6 is 0 Å². The molecule has 5 nitrogen and oxygen atoms in total. The van der Waals surface area contributed by atoms with Crippen molar-refractivity contribution in [3.8, 4) is 5.75 Å². The molecule has 0 saturated carbocycles. The van der Waals surface area contributed by atoms with E-state index < -0.39 is 6.03 Å². The summed E-state index contributed by atoms with van der Waals surface area (Å²) in [7, 11) is 0. The molecule has 0 atom stereocenters. The lowest BCUT2D eigenvalue weighted by atomic mass is 10.2. The number of ether oxygens (including phenoxy) is 1. The zero-order valence-electron chi connectivity index (χ0n) is 10.0. The van der Waals surface area contributed by atoms with Gasteiger partial charge in [-0.1, -0.05) is 26.0 Å². The van der Waals surface area contributed by atoms with Crippen molar-refractivity contribution in [2.75, 3.05) is 6.61 Å². The molecule has 2 amide bonds. The summed E-state index contributed by atoms with van der Waals surface area (Å²) < 4.78 is 5.62. The molecule has 0 aromatic heterocycles. The number of nitrogens with zero attached hydrogens (tertiary/aromatic N) is 1. The molecule has 1 aromatic rings. The van der Waals surface area contributed by atoms with E-state index in [1.54, 1.807) is 0 Å². The molecule has 0 aliphatic rings. The lowest BCUT2D eigenvalue weighted by Crippen LogP contribution is -2.24. The summed E-state index contributed by atoms with van der Waals surface area (Å²) in [5, 5.41) is 3.70. The van der Waals surface area contributed by atoms with Crippen LogP contribution in [0, 0.1) is 5.92 Å². The molecular weight excluding hydrogens is 218 g/mol. The number of carbonyl (C=O) groups excluding carboxylic acids is 1. The Morgan fingerprint density at radius 3 is 2.88 bits per heavy atom. The molecule has 0 aliphatic carbocycles. The highest BCUT2D eigenvalue weighted by Crippen LogP contribution is 2.16. The average Bonchev–Trinajstić information content (AvgIpc) is 2.27. The standard InChI is InChI=1S/C12H17N3O2/c1-9(2)8-17-11-6-4-3-5-10(11)7-14-15-12(13)16/h3-7,9H,8H2,1-2H3,(H3,13,15,16). The predicted molar refractivity (Wildman–Crippen MR) is 67.1 cm³/mol. The molecule has 1 aromatic carbocycles. The van der Waals surface area contributed by atoms with Gasteiger partial charge in [-0.15, -0.1) is 0 Å². The van der Waals surface area contributed by atoms with E-state index >= 15 is 0 Å². The third-order valence-electron chi connectivity index (χ3n) is 1.87. The Balaban J connectivity index is 2.70. The van der Waals surface area contributed by atoms with Gasteiger partial charge in [0.2, 0.25) is 0 Å². The van der Waals surface area contributed by atoms with E-state index in [-0.39, 0.29) is 0 Å². The van der Waals surface area contributed by atoms with Gasteiger partial charge in [-0.05, 0) is 18.1 Å². The Kier molecular flexibility index (Phi) is 5.00. The van der Waals surface area contributed by atoms with E-state index in [1.165, 1.54) is 6.21 Å². The molecule has 0 bridgehead atoms. The van der Waals surface area contributed by atoms with Gasteiger partial charge in [-0.2, -0.15) is 5.10 Å². The minimum Gasteiger partial charge on any atom is -0.493 e. The molecular formula is C12H17N3O2. The van der Waals surface area contributed by atoms with Gasteiger partial charge in [-0.3, -0.25) is 0 Å². The number of rotatable bonds is 5. The van der Waals surface area contributed by atoms with E-state index in [4.69, 9.17) is 10.5 Å². The molecule has 0 radical (unpaired) electrons. The topological polar surface area (TPSA) is 76.7 Å². The first-order valence-corrected chi connectivity index (χ1v) is 5.40. The monoisotopic (exact) mass is 235 g/mol. The maximum Gasteiger partial charge on any atom is 0.332 e. The van der Waals surface area contributed by atoms with E-state index in [2.05, 4.69) is 24.4 Å². The fraction of sp³-hybridized carbons (Fsp3) is 0.333. The molecule has 0 saturated heterocycles. The summed E-state index contributed by atoms with van der Waals surface area (Å²) >= 11 is 0. The average molecular weight is 235 g/mol. The highest BCUT2D eigenvalue weighted by Gasteiger charge is 2.01. The van der Waals surface area contributed by atoms with Crippen molar-refractivity contribution in [1.82, 2.24) is 5.43 Å². The van der Waals surface area contributed by atoms with Crippen LogP contribution in [0.25, 0.3) is 0 Å². The van der Waals surface area contributed by atoms with E-state index in [9.17, 15) is 4.79 Å². The molecule has 0 unspecified atom stereocenters. The Morgan fingerprint density at radius 2 is 2.24 bits per heavy atom. The fourth-order valence-corrected chi connectivity index (χ4v) is 1.14. The van der Waals surface area contributed by atoms with Crippen LogP contribution in [-0.4, -0.2) is 18.9 Å². The van der Waals surface area contributed by atoms with E-state index in [1.807, 2.05) is 24.3 Å². The van der Waals surface area contributed by atoms with Gasteiger partial charge in [0.15, 0.2) is 0 Å². The molecule has 0 aliphatic heterocycles. The normalized spacial score (nSPS) is 10.8. The highest BCUT2D eigenvalue weighted by atomic mass is 16.5. The number of amides is 2. The van der Waals surface area contributed by atoms with Gasteiger partial charge in [0.1, 0.15) is 5.75 Å². The first-order chi connectivity index (χ1) is 8.09. The Hall–Kier alpha value is -2.04. The predicted octanol–water partition coefficient (Wildman–Crippen LogP) is 1.72. The molecule has 0 heterocycles. The van der Waals surface area contributed by atoms with Crippen LogP contribution in [-0.2, 0) is 0 Å².